The topological polar surface area (TPSA) is 115 Å². The van der Waals surface area contributed by atoms with Gasteiger partial charge in [-0.2, -0.15) is 0 Å². The fourth-order valence-electron chi connectivity index (χ4n) is 0.632. The fourth-order valence-corrected chi connectivity index (χ4v) is 0.632. The minimum atomic E-state index is -0.933. The van der Waals surface area contributed by atoms with Crippen molar-refractivity contribution in [1.82, 2.24) is 0 Å². The molecule has 0 aromatic rings. The maximum atomic E-state index is 10.1. The minimum absolute atomic E-state index is 0.520. The largest absolute Gasteiger partial charge is 0.480 e. The van der Waals surface area contributed by atoms with Crippen LogP contribution in [0.4, 0.5) is 0 Å². The number of aliphatic carboxylic acids is 1. The molecule has 0 aromatic heterocycles. The van der Waals surface area contributed by atoms with Gasteiger partial charge in [0.25, 0.3) is 0 Å². The third-order valence-electron chi connectivity index (χ3n) is 1.45. The third-order valence-corrected chi connectivity index (χ3v) is 1.45. The van der Waals surface area contributed by atoms with Crippen LogP contribution in [0.15, 0.2) is 12.7 Å². The van der Waals surface area contributed by atoms with Crippen LogP contribution >= 0.6 is 0 Å². The highest BCUT2D eigenvalue weighted by Gasteiger charge is 2.09. The summed E-state index contributed by atoms with van der Waals surface area (Å²) < 4.78 is 0. The lowest BCUT2D eigenvalue weighted by Crippen LogP contribution is -2.29. The number of nitrogens with two attached hydrogens (primary N) is 3. The van der Waals surface area contributed by atoms with Gasteiger partial charge in [-0.1, -0.05) is 12.5 Å². The van der Waals surface area contributed by atoms with Crippen LogP contribution in [0.2, 0.25) is 0 Å². The van der Waals surface area contributed by atoms with Crippen LogP contribution in [-0.4, -0.2) is 30.2 Å². The predicted molar refractivity (Wildman–Crippen MR) is 57.8 cm³/mol. The maximum absolute atomic E-state index is 10.1. The van der Waals surface area contributed by atoms with Gasteiger partial charge in [0.2, 0.25) is 0 Å². The summed E-state index contributed by atoms with van der Waals surface area (Å²) in [5.41, 5.74) is 15.3. The van der Waals surface area contributed by atoms with E-state index >= 15 is 0 Å². The van der Waals surface area contributed by atoms with Gasteiger partial charge in [-0.15, -0.1) is 6.58 Å². The van der Waals surface area contributed by atoms with E-state index in [1.54, 1.807) is 6.08 Å². The zero-order chi connectivity index (χ0) is 11.4. The van der Waals surface area contributed by atoms with Gasteiger partial charge in [0.05, 0.1) is 0 Å². The minimum Gasteiger partial charge on any atom is -0.480 e. The summed E-state index contributed by atoms with van der Waals surface area (Å²) in [6.45, 7) is 4.54. The highest BCUT2D eigenvalue weighted by molar-refractivity contribution is 5.72. The van der Waals surface area contributed by atoms with Gasteiger partial charge in [0.15, 0.2) is 0 Å². The number of hydrogen-bond acceptors (Lipinski definition) is 4. The molecule has 0 bridgehead atoms. The van der Waals surface area contributed by atoms with Gasteiger partial charge in [0, 0.05) is 6.54 Å². The Hall–Kier alpha value is -0.910. The summed E-state index contributed by atoms with van der Waals surface area (Å²) in [4.78, 5) is 10.1. The average molecular weight is 203 g/mol. The second-order valence-corrected chi connectivity index (χ2v) is 2.75. The van der Waals surface area contributed by atoms with Gasteiger partial charge < -0.3 is 22.3 Å². The Morgan fingerprint density at radius 2 is 1.93 bits per heavy atom. The van der Waals surface area contributed by atoms with Crippen molar-refractivity contribution in [2.24, 2.45) is 17.2 Å². The summed E-state index contributed by atoms with van der Waals surface area (Å²) >= 11 is 0. The Morgan fingerprint density at radius 3 is 2.21 bits per heavy atom. The molecule has 0 radical (unpaired) electrons. The monoisotopic (exact) mass is 203 g/mol. The van der Waals surface area contributed by atoms with Gasteiger partial charge in [0.1, 0.15) is 6.04 Å². The lowest BCUT2D eigenvalue weighted by molar-refractivity contribution is -0.138. The van der Waals surface area contributed by atoms with Crippen molar-refractivity contribution in [2.45, 2.75) is 25.3 Å². The third kappa shape index (κ3) is 13.7. The Morgan fingerprint density at radius 1 is 1.43 bits per heavy atom. The molecule has 0 rings (SSSR count). The molecule has 1 atom stereocenters. The molecule has 0 aliphatic heterocycles. The molecular weight excluding hydrogens is 182 g/mol. The second-order valence-electron chi connectivity index (χ2n) is 2.75. The summed E-state index contributed by atoms with van der Waals surface area (Å²) in [6.07, 6.45) is 3.82. The molecule has 0 spiro atoms. The molecule has 0 aliphatic carbocycles. The Labute approximate surface area is 85.0 Å². The first-order chi connectivity index (χ1) is 6.59. The van der Waals surface area contributed by atoms with E-state index in [0.29, 0.717) is 19.5 Å². The first-order valence-electron chi connectivity index (χ1n) is 4.59. The van der Waals surface area contributed by atoms with Crippen LogP contribution in [0.25, 0.3) is 0 Å². The fraction of sp³-hybridized carbons (Fsp3) is 0.667. The van der Waals surface area contributed by atoms with E-state index in [-0.39, 0.29) is 0 Å². The number of carboxylic acids is 1. The van der Waals surface area contributed by atoms with Gasteiger partial charge in [-0.25, -0.2) is 0 Å². The first kappa shape index (κ1) is 15.6. The number of carboxylic acid groups (broad SMARTS) is 1. The zero-order valence-corrected chi connectivity index (χ0v) is 8.48. The molecule has 0 saturated carbocycles. The number of unbranched alkanes of at least 4 members (excludes halogenated alkanes) is 1. The lowest BCUT2D eigenvalue weighted by Gasteiger charge is -2.03. The molecule has 0 heterocycles. The van der Waals surface area contributed by atoms with Crippen LogP contribution in [0.1, 0.15) is 19.3 Å². The van der Waals surface area contributed by atoms with Crippen molar-refractivity contribution < 1.29 is 9.90 Å². The van der Waals surface area contributed by atoms with Gasteiger partial charge >= 0.3 is 5.97 Å². The SMILES string of the molecule is C=CCN.NCCCCC(N)C(=O)O. The predicted octanol–water partition coefficient (Wildman–Crippen LogP) is -0.342. The number of hydrogen-bond donors (Lipinski definition) is 4. The average Bonchev–Trinajstić information content (AvgIpc) is 2.18. The van der Waals surface area contributed by atoms with E-state index in [1.165, 1.54) is 0 Å². The lowest BCUT2D eigenvalue weighted by atomic mass is 10.1. The molecule has 0 amide bonds. The van der Waals surface area contributed by atoms with Crippen molar-refractivity contribution in [2.75, 3.05) is 13.1 Å². The van der Waals surface area contributed by atoms with Crippen molar-refractivity contribution in [3.63, 3.8) is 0 Å². The molecule has 5 heteroatoms. The van der Waals surface area contributed by atoms with Gasteiger partial charge in [-0.05, 0) is 19.4 Å². The highest BCUT2D eigenvalue weighted by Crippen LogP contribution is 1.96. The van der Waals surface area contributed by atoms with Crippen molar-refractivity contribution in [3.05, 3.63) is 12.7 Å². The van der Waals surface area contributed by atoms with E-state index in [2.05, 4.69) is 6.58 Å². The van der Waals surface area contributed by atoms with Crippen LogP contribution in [0.5, 0.6) is 0 Å². The maximum Gasteiger partial charge on any atom is 0.320 e. The van der Waals surface area contributed by atoms with E-state index in [0.717, 1.165) is 12.8 Å². The molecular formula is C9H21N3O2. The molecule has 14 heavy (non-hydrogen) atoms. The molecule has 0 saturated heterocycles. The summed E-state index contributed by atoms with van der Waals surface area (Å²) in [7, 11) is 0. The quantitative estimate of drug-likeness (QED) is 0.348. The summed E-state index contributed by atoms with van der Waals surface area (Å²) in [6, 6.07) is -0.716. The Balaban J connectivity index is 0. The van der Waals surface area contributed by atoms with E-state index in [1.807, 2.05) is 0 Å². The summed E-state index contributed by atoms with van der Waals surface area (Å²) in [5.74, 6) is -0.933. The highest BCUT2D eigenvalue weighted by atomic mass is 16.4. The number of rotatable bonds is 6. The first-order valence-corrected chi connectivity index (χ1v) is 4.59. The van der Waals surface area contributed by atoms with Crippen LogP contribution in [-0.2, 0) is 4.79 Å². The number of carbonyl (C=O) groups is 1. The van der Waals surface area contributed by atoms with E-state index < -0.39 is 12.0 Å². The molecule has 1 unspecified atom stereocenters. The molecule has 84 valence electrons. The smallest absolute Gasteiger partial charge is 0.320 e. The Bertz CT molecular complexity index is 151. The van der Waals surface area contributed by atoms with Crippen molar-refractivity contribution in [1.29, 1.82) is 0 Å². The second kappa shape index (κ2) is 12.1. The molecule has 7 N–H and O–H groups in total. The normalized spacial score (nSPS) is 11.1. The van der Waals surface area contributed by atoms with E-state index in [4.69, 9.17) is 22.3 Å². The zero-order valence-electron chi connectivity index (χ0n) is 8.48. The van der Waals surface area contributed by atoms with Crippen LogP contribution in [0.3, 0.4) is 0 Å². The van der Waals surface area contributed by atoms with Gasteiger partial charge in [-0.3, -0.25) is 4.79 Å². The Kier molecular flexibility index (Phi) is 13.4. The van der Waals surface area contributed by atoms with E-state index in [9.17, 15) is 4.79 Å². The molecule has 0 aromatic carbocycles. The van der Waals surface area contributed by atoms with Crippen LogP contribution in [0, 0.1) is 0 Å². The molecule has 5 nitrogen and oxygen atoms in total. The standard InChI is InChI=1S/C6H14N2O2.C3H7N/c7-4-2-1-3-5(8)6(9)10;1-2-3-4/h5H,1-4,7-8H2,(H,9,10);2H,1,3-4H2. The summed E-state index contributed by atoms with van der Waals surface area (Å²) in [5, 5.41) is 8.33. The van der Waals surface area contributed by atoms with Crippen molar-refractivity contribution in [3.8, 4) is 0 Å². The van der Waals surface area contributed by atoms with Crippen molar-refractivity contribution >= 4 is 5.97 Å². The molecule has 0 fully saturated rings. The van der Waals surface area contributed by atoms with Crippen LogP contribution < -0.4 is 17.2 Å². The molecule has 0 aliphatic rings.